The number of rotatable bonds is 0. The molecule has 4 heteroatoms. The molecule has 4 nitrogen and oxygen atoms in total. The summed E-state index contributed by atoms with van der Waals surface area (Å²) in [6, 6.07) is -0.0985. The van der Waals surface area contributed by atoms with E-state index in [1.165, 1.54) is 0 Å². The van der Waals surface area contributed by atoms with E-state index in [-0.39, 0.29) is 17.5 Å². The van der Waals surface area contributed by atoms with Gasteiger partial charge in [0.15, 0.2) is 0 Å². The van der Waals surface area contributed by atoms with Crippen LogP contribution in [0, 0.1) is 11.3 Å². The molecule has 0 radical (unpaired) electrons. The first kappa shape index (κ1) is 8.81. The molecule has 0 aliphatic carbocycles. The van der Waals surface area contributed by atoms with Crippen LogP contribution in [0.1, 0.15) is 13.8 Å². The summed E-state index contributed by atoms with van der Waals surface area (Å²) in [7, 11) is 0. The van der Waals surface area contributed by atoms with Gasteiger partial charge < -0.3 is 15.4 Å². The summed E-state index contributed by atoms with van der Waals surface area (Å²) >= 11 is 0. The molecule has 0 aromatic rings. The summed E-state index contributed by atoms with van der Waals surface area (Å²) in [5.41, 5.74) is 5.46. The number of hydrogen-bond acceptors (Lipinski definition) is 2. The maximum Gasteiger partial charge on any atom is 0.315 e. The Morgan fingerprint density at radius 1 is 1.54 bits per heavy atom. The van der Waals surface area contributed by atoms with Gasteiger partial charge >= 0.3 is 6.03 Å². The number of nitrogens with zero attached hydrogens (tertiary/aromatic N) is 1. The maximum atomic E-state index is 11.1. The molecule has 0 bridgehead atoms. The van der Waals surface area contributed by atoms with Crippen molar-refractivity contribution in [3.05, 3.63) is 0 Å². The fourth-order valence-electron chi connectivity index (χ4n) is 2.51. The lowest BCUT2D eigenvalue weighted by Gasteiger charge is -2.22. The average Bonchev–Trinajstić information content (AvgIpc) is 2.53. The van der Waals surface area contributed by atoms with Crippen molar-refractivity contribution >= 4 is 6.03 Å². The Bertz CT molecular complexity index is 240. The third kappa shape index (κ3) is 1.20. The number of fused-ring (bicyclic) bond motifs is 1. The van der Waals surface area contributed by atoms with E-state index in [0.717, 1.165) is 13.2 Å². The number of ether oxygens (including phenoxy) is 1. The van der Waals surface area contributed by atoms with Gasteiger partial charge in [0, 0.05) is 12.5 Å². The highest BCUT2D eigenvalue weighted by atomic mass is 16.5. The molecule has 0 spiro atoms. The van der Waals surface area contributed by atoms with Gasteiger partial charge in [0.2, 0.25) is 0 Å². The number of urea groups is 1. The van der Waals surface area contributed by atoms with Gasteiger partial charge in [-0.1, -0.05) is 13.8 Å². The zero-order valence-electron chi connectivity index (χ0n) is 8.12. The van der Waals surface area contributed by atoms with Gasteiger partial charge in [0.1, 0.15) is 0 Å². The number of carbonyl (C=O) groups is 1. The Labute approximate surface area is 78.0 Å². The van der Waals surface area contributed by atoms with Crippen LogP contribution >= 0.6 is 0 Å². The summed E-state index contributed by atoms with van der Waals surface area (Å²) in [5.74, 6) is 0.458. The Morgan fingerprint density at radius 2 is 2.23 bits per heavy atom. The van der Waals surface area contributed by atoms with Crippen LogP contribution in [0.25, 0.3) is 0 Å². The molecule has 0 saturated carbocycles. The molecule has 0 aromatic carbocycles. The Hall–Kier alpha value is -0.770. The predicted octanol–water partition coefficient (Wildman–Crippen LogP) is 0.422. The molecule has 74 valence electrons. The number of nitrogens with two attached hydrogens (primary N) is 1. The summed E-state index contributed by atoms with van der Waals surface area (Å²) < 4.78 is 5.38. The van der Waals surface area contributed by atoms with E-state index in [1.807, 2.05) is 0 Å². The van der Waals surface area contributed by atoms with Gasteiger partial charge in [-0.3, -0.25) is 0 Å². The summed E-state index contributed by atoms with van der Waals surface area (Å²) in [5, 5.41) is 0. The van der Waals surface area contributed by atoms with Crippen molar-refractivity contribution in [1.29, 1.82) is 0 Å². The minimum atomic E-state index is -0.314. The summed E-state index contributed by atoms with van der Waals surface area (Å²) in [6.07, 6.45) is 0. The van der Waals surface area contributed by atoms with Crippen LogP contribution in [0.4, 0.5) is 4.79 Å². The zero-order chi connectivity index (χ0) is 9.64. The van der Waals surface area contributed by atoms with Crippen molar-refractivity contribution in [3.8, 4) is 0 Å². The monoisotopic (exact) mass is 184 g/mol. The number of hydrogen-bond donors (Lipinski definition) is 1. The highest BCUT2D eigenvalue weighted by Crippen LogP contribution is 2.42. The highest BCUT2D eigenvalue weighted by molar-refractivity contribution is 5.73. The molecular weight excluding hydrogens is 168 g/mol. The van der Waals surface area contributed by atoms with Gasteiger partial charge in [-0.15, -0.1) is 0 Å². The van der Waals surface area contributed by atoms with Crippen LogP contribution in [0.3, 0.4) is 0 Å². The minimum absolute atomic E-state index is 0.149. The number of carbonyl (C=O) groups excluding carboxylic acids is 1. The van der Waals surface area contributed by atoms with Crippen LogP contribution in [-0.4, -0.2) is 36.7 Å². The second-order valence-electron chi connectivity index (χ2n) is 4.67. The highest BCUT2D eigenvalue weighted by Gasteiger charge is 2.51. The molecule has 2 N–H and O–H groups in total. The van der Waals surface area contributed by atoms with E-state index in [2.05, 4.69) is 13.8 Å². The molecule has 2 heterocycles. The Morgan fingerprint density at radius 3 is 2.85 bits per heavy atom. The molecule has 2 fully saturated rings. The summed E-state index contributed by atoms with van der Waals surface area (Å²) in [4.78, 5) is 12.9. The molecule has 0 aromatic heterocycles. The van der Waals surface area contributed by atoms with Crippen molar-refractivity contribution in [2.24, 2.45) is 17.1 Å². The average molecular weight is 184 g/mol. The quantitative estimate of drug-likeness (QED) is 0.593. The lowest BCUT2D eigenvalue weighted by Crippen LogP contribution is -2.41. The second-order valence-corrected chi connectivity index (χ2v) is 4.67. The topological polar surface area (TPSA) is 55.6 Å². The molecule has 0 unspecified atom stereocenters. The van der Waals surface area contributed by atoms with Gasteiger partial charge in [-0.25, -0.2) is 4.79 Å². The Balaban J connectivity index is 2.23. The maximum absolute atomic E-state index is 11.1. The Kier molecular flexibility index (Phi) is 1.77. The van der Waals surface area contributed by atoms with E-state index in [9.17, 15) is 4.79 Å². The van der Waals surface area contributed by atoms with E-state index in [0.29, 0.717) is 12.5 Å². The predicted molar refractivity (Wildman–Crippen MR) is 48.2 cm³/mol. The van der Waals surface area contributed by atoms with Gasteiger partial charge in [-0.05, 0) is 5.41 Å². The zero-order valence-corrected chi connectivity index (χ0v) is 8.12. The minimum Gasteiger partial charge on any atom is -0.379 e. The fourth-order valence-corrected chi connectivity index (χ4v) is 2.51. The third-order valence-electron chi connectivity index (χ3n) is 3.32. The molecule has 2 rings (SSSR count). The standard InChI is InChI=1S/C9H16N2O2/c1-9(2)5-11(8(10)12)7-4-13-3-6(7)9/h6-7H,3-5H2,1-2H3,(H2,10,12)/t6-,7+/m0/s1. The number of likely N-dealkylation sites (tertiary alicyclic amines) is 1. The van der Waals surface area contributed by atoms with Crippen LogP contribution in [0.2, 0.25) is 0 Å². The van der Waals surface area contributed by atoms with E-state index in [1.54, 1.807) is 4.90 Å². The molecule has 13 heavy (non-hydrogen) atoms. The van der Waals surface area contributed by atoms with Crippen molar-refractivity contribution < 1.29 is 9.53 Å². The third-order valence-corrected chi connectivity index (χ3v) is 3.32. The van der Waals surface area contributed by atoms with E-state index in [4.69, 9.17) is 10.5 Å². The van der Waals surface area contributed by atoms with Crippen LogP contribution in [0.5, 0.6) is 0 Å². The normalized spacial score (nSPS) is 36.3. The number of primary amides is 1. The van der Waals surface area contributed by atoms with Crippen molar-refractivity contribution in [3.63, 3.8) is 0 Å². The number of amides is 2. The first-order valence-corrected chi connectivity index (χ1v) is 4.66. The molecular formula is C9H16N2O2. The molecule has 2 aliphatic rings. The van der Waals surface area contributed by atoms with Crippen molar-refractivity contribution in [1.82, 2.24) is 4.90 Å². The molecule has 2 saturated heterocycles. The van der Waals surface area contributed by atoms with Gasteiger partial charge in [0.25, 0.3) is 0 Å². The first-order valence-electron chi connectivity index (χ1n) is 4.66. The van der Waals surface area contributed by atoms with Gasteiger partial charge in [0.05, 0.1) is 19.3 Å². The lowest BCUT2D eigenvalue weighted by molar-refractivity contribution is 0.127. The van der Waals surface area contributed by atoms with Crippen LogP contribution in [0.15, 0.2) is 0 Å². The molecule has 2 atom stereocenters. The van der Waals surface area contributed by atoms with E-state index < -0.39 is 0 Å². The fraction of sp³-hybridized carbons (Fsp3) is 0.889. The van der Waals surface area contributed by atoms with Crippen LogP contribution in [-0.2, 0) is 4.74 Å². The smallest absolute Gasteiger partial charge is 0.315 e. The van der Waals surface area contributed by atoms with Crippen molar-refractivity contribution in [2.45, 2.75) is 19.9 Å². The lowest BCUT2D eigenvalue weighted by atomic mass is 9.80. The SMILES string of the molecule is CC1(C)CN(C(N)=O)[C@@H]2COC[C@@H]21. The largest absolute Gasteiger partial charge is 0.379 e. The van der Waals surface area contributed by atoms with Gasteiger partial charge in [-0.2, -0.15) is 0 Å². The molecule has 2 amide bonds. The summed E-state index contributed by atoms with van der Waals surface area (Å²) in [6.45, 7) is 6.52. The van der Waals surface area contributed by atoms with E-state index >= 15 is 0 Å². The van der Waals surface area contributed by atoms with Crippen LogP contribution < -0.4 is 5.73 Å². The van der Waals surface area contributed by atoms with Crippen molar-refractivity contribution in [2.75, 3.05) is 19.8 Å². The molecule has 2 aliphatic heterocycles. The first-order chi connectivity index (χ1) is 6.02. The second kappa shape index (κ2) is 2.61.